The topological polar surface area (TPSA) is 66.6 Å². The van der Waals surface area contributed by atoms with Gasteiger partial charge in [0, 0.05) is 19.9 Å². The van der Waals surface area contributed by atoms with Crippen molar-refractivity contribution in [2.75, 3.05) is 0 Å². The zero-order chi connectivity index (χ0) is 19.4. The highest BCUT2D eigenvalue weighted by molar-refractivity contribution is 5.86. The molecule has 0 radical (unpaired) electrons. The van der Waals surface area contributed by atoms with Gasteiger partial charge in [-0.15, -0.1) is 0 Å². The molecule has 2 atom stereocenters. The average Bonchev–Trinajstić information content (AvgIpc) is 2.66. The standard InChI is InChI=1S/C23H26N2O2/c1-17(26)15-23(24,21-12-4-3-5-13-21)25(18(2)27)16-20-11-8-10-19-9-6-7-14-22(19)20/h3-14,17,26H,15-16,24H2,1-2H3. The zero-order valence-electron chi connectivity index (χ0n) is 15.8. The van der Waals surface area contributed by atoms with Crippen LogP contribution in [-0.4, -0.2) is 22.0 Å². The van der Waals surface area contributed by atoms with Crippen molar-refractivity contribution in [2.45, 2.75) is 38.6 Å². The molecule has 4 heteroatoms. The Morgan fingerprint density at radius 3 is 2.33 bits per heavy atom. The van der Waals surface area contributed by atoms with Crippen LogP contribution in [0.5, 0.6) is 0 Å². The van der Waals surface area contributed by atoms with E-state index in [9.17, 15) is 9.90 Å². The van der Waals surface area contributed by atoms with Gasteiger partial charge < -0.3 is 15.7 Å². The number of rotatable bonds is 6. The predicted octanol–water partition coefficient (Wildman–Crippen LogP) is 3.77. The molecule has 0 spiro atoms. The molecule has 0 bridgehead atoms. The normalized spacial score (nSPS) is 14.5. The molecule has 0 heterocycles. The summed E-state index contributed by atoms with van der Waals surface area (Å²) in [4.78, 5) is 14.3. The Labute approximate surface area is 160 Å². The molecule has 3 N–H and O–H groups in total. The number of aliphatic hydroxyl groups is 1. The molecule has 0 fully saturated rings. The molecule has 0 aromatic heterocycles. The van der Waals surface area contributed by atoms with Gasteiger partial charge in [-0.05, 0) is 28.8 Å². The minimum atomic E-state index is -1.10. The molecule has 2 unspecified atom stereocenters. The first-order valence-electron chi connectivity index (χ1n) is 9.19. The van der Waals surface area contributed by atoms with Gasteiger partial charge >= 0.3 is 0 Å². The molecule has 140 valence electrons. The van der Waals surface area contributed by atoms with E-state index in [2.05, 4.69) is 18.2 Å². The lowest BCUT2D eigenvalue weighted by molar-refractivity contribution is -0.138. The number of hydrogen-bond donors (Lipinski definition) is 2. The maximum Gasteiger partial charge on any atom is 0.221 e. The molecular formula is C23H26N2O2. The van der Waals surface area contributed by atoms with Crippen LogP contribution in [-0.2, 0) is 17.0 Å². The SMILES string of the molecule is CC(=O)N(Cc1cccc2ccccc12)C(N)(CC(C)O)c1ccccc1. The molecule has 4 nitrogen and oxygen atoms in total. The number of amides is 1. The third kappa shape index (κ3) is 4.02. The number of fused-ring (bicyclic) bond motifs is 1. The summed E-state index contributed by atoms with van der Waals surface area (Å²) in [5, 5.41) is 12.3. The van der Waals surface area contributed by atoms with Crippen molar-refractivity contribution in [1.82, 2.24) is 4.90 Å². The van der Waals surface area contributed by atoms with E-state index in [0.29, 0.717) is 6.54 Å². The van der Waals surface area contributed by atoms with Crippen LogP contribution in [0.2, 0.25) is 0 Å². The van der Waals surface area contributed by atoms with Crippen LogP contribution >= 0.6 is 0 Å². The van der Waals surface area contributed by atoms with Gasteiger partial charge in [0.25, 0.3) is 0 Å². The van der Waals surface area contributed by atoms with E-state index in [-0.39, 0.29) is 12.3 Å². The summed E-state index contributed by atoms with van der Waals surface area (Å²) in [6.07, 6.45) is -0.397. The number of nitrogens with two attached hydrogens (primary N) is 1. The van der Waals surface area contributed by atoms with E-state index < -0.39 is 11.8 Å². The Morgan fingerprint density at radius 1 is 1.04 bits per heavy atom. The summed E-state index contributed by atoms with van der Waals surface area (Å²) in [5.41, 5.74) is 7.54. The third-order valence-electron chi connectivity index (χ3n) is 4.95. The Morgan fingerprint density at radius 2 is 1.67 bits per heavy atom. The largest absolute Gasteiger partial charge is 0.393 e. The third-order valence-corrected chi connectivity index (χ3v) is 4.95. The average molecular weight is 362 g/mol. The molecule has 1 amide bonds. The molecule has 3 aromatic carbocycles. The molecule has 3 rings (SSSR count). The van der Waals surface area contributed by atoms with Crippen LogP contribution in [0.3, 0.4) is 0 Å². The fourth-order valence-electron chi connectivity index (χ4n) is 3.70. The number of carbonyl (C=O) groups is 1. The first-order valence-corrected chi connectivity index (χ1v) is 9.19. The summed E-state index contributed by atoms with van der Waals surface area (Å²) < 4.78 is 0. The quantitative estimate of drug-likeness (QED) is 0.656. The number of hydrogen-bond acceptors (Lipinski definition) is 3. The minimum Gasteiger partial charge on any atom is -0.393 e. The highest BCUT2D eigenvalue weighted by Gasteiger charge is 2.37. The van der Waals surface area contributed by atoms with Crippen LogP contribution in [0.1, 0.15) is 31.4 Å². The second-order valence-corrected chi connectivity index (χ2v) is 7.09. The summed E-state index contributed by atoms with van der Waals surface area (Å²) in [5.74, 6) is -0.130. The second kappa shape index (κ2) is 7.91. The Bertz CT molecular complexity index is 919. The van der Waals surface area contributed by atoms with E-state index in [1.54, 1.807) is 11.8 Å². The van der Waals surface area contributed by atoms with Gasteiger partial charge in [-0.2, -0.15) is 0 Å². The van der Waals surface area contributed by atoms with E-state index in [0.717, 1.165) is 21.9 Å². The van der Waals surface area contributed by atoms with Crippen molar-refractivity contribution in [3.63, 3.8) is 0 Å². The summed E-state index contributed by atoms with van der Waals surface area (Å²) in [7, 11) is 0. The van der Waals surface area contributed by atoms with Crippen molar-refractivity contribution in [2.24, 2.45) is 5.73 Å². The van der Waals surface area contributed by atoms with Gasteiger partial charge in [-0.3, -0.25) is 4.79 Å². The number of carbonyl (C=O) groups excluding carboxylic acids is 1. The van der Waals surface area contributed by atoms with Crippen molar-refractivity contribution in [1.29, 1.82) is 0 Å². The first-order chi connectivity index (χ1) is 12.9. The lowest BCUT2D eigenvalue weighted by Crippen LogP contribution is -2.56. The summed E-state index contributed by atoms with van der Waals surface area (Å²) in [6, 6.07) is 23.7. The lowest BCUT2D eigenvalue weighted by atomic mass is 9.91. The van der Waals surface area contributed by atoms with Gasteiger partial charge in [0.15, 0.2) is 0 Å². The van der Waals surface area contributed by atoms with Gasteiger partial charge in [-0.1, -0.05) is 72.8 Å². The minimum absolute atomic E-state index is 0.130. The van der Waals surface area contributed by atoms with Crippen LogP contribution in [0, 0.1) is 0 Å². The van der Waals surface area contributed by atoms with E-state index in [4.69, 9.17) is 5.73 Å². The first kappa shape index (κ1) is 19.1. The molecule has 0 aliphatic rings. The predicted molar refractivity (Wildman–Crippen MR) is 109 cm³/mol. The van der Waals surface area contributed by atoms with Crippen LogP contribution in [0.4, 0.5) is 0 Å². The van der Waals surface area contributed by atoms with Gasteiger partial charge in [0.2, 0.25) is 5.91 Å². The molecule has 27 heavy (non-hydrogen) atoms. The molecule has 0 aliphatic heterocycles. The highest BCUT2D eigenvalue weighted by Crippen LogP contribution is 2.31. The van der Waals surface area contributed by atoms with E-state index in [1.165, 1.54) is 6.92 Å². The van der Waals surface area contributed by atoms with E-state index in [1.807, 2.05) is 54.6 Å². The molecule has 0 saturated heterocycles. The second-order valence-electron chi connectivity index (χ2n) is 7.09. The maximum atomic E-state index is 12.7. The monoisotopic (exact) mass is 362 g/mol. The van der Waals surface area contributed by atoms with Crippen LogP contribution in [0.15, 0.2) is 72.8 Å². The van der Waals surface area contributed by atoms with Crippen molar-refractivity contribution < 1.29 is 9.90 Å². The van der Waals surface area contributed by atoms with E-state index >= 15 is 0 Å². The number of nitrogens with zero attached hydrogens (tertiary/aromatic N) is 1. The van der Waals surface area contributed by atoms with Gasteiger partial charge in [0.05, 0.1) is 6.10 Å². The Hall–Kier alpha value is -2.69. The molecular weight excluding hydrogens is 336 g/mol. The van der Waals surface area contributed by atoms with Crippen molar-refractivity contribution in [3.8, 4) is 0 Å². The zero-order valence-corrected chi connectivity index (χ0v) is 15.8. The van der Waals surface area contributed by atoms with Crippen LogP contribution in [0.25, 0.3) is 10.8 Å². The Kier molecular flexibility index (Phi) is 5.59. The van der Waals surface area contributed by atoms with Crippen molar-refractivity contribution >= 4 is 16.7 Å². The summed E-state index contributed by atoms with van der Waals surface area (Å²) >= 11 is 0. The maximum absolute atomic E-state index is 12.7. The van der Waals surface area contributed by atoms with Crippen molar-refractivity contribution in [3.05, 3.63) is 83.9 Å². The molecule has 0 saturated carbocycles. The lowest BCUT2D eigenvalue weighted by Gasteiger charge is -2.42. The smallest absolute Gasteiger partial charge is 0.221 e. The molecule has 3 aromatic rings. The van der Waals surface area contributed by atoms with Gasteiger partial charge in [-0.25, -0.2) is 0 Å². The number of aliphatic hydroxyl groups excluding tert-OH is 1. The fraction of sp³-hybridized carbons (Fsp3) is 0.261. The highest BCUT2D eigenvalue weighted by atomic mass is 16.3. The summed E-state index contributed by atoms with van der Waals surface area (Å²) in [6.45, 7) is 3.59. The van der Waals surface area contributed by atoms with Crippen LogP contribution < -0.4 is 5.73 Å². The molecule has 0 aliphatic carbocycles. The fourth-order valence-corrected chi connectivity index (χ4v) is 3.70. The van der Waals surface area contributed by atoms with Gasteiger partial charge in [0.1, 0.15) is 5.66 Å². The Balaban J connectivity index is 2.08. The number of benzene rings is 3.